The Kier molecular flexibility index (Phi) is 5.08. The highest BCUT2D eigenvalue weighted by atomic mass is 15.2. The third-order valence-corrected chi connectivity index (χ3v) is 6.09. The van der Waals surface area contributed by atoms with Crippen LogP contribution in [-0.4, -0.2) is 46.0 Å². The van der Waals surface area contributed by atoms with Gasteiger partial charge in [-0.05, 0) is 49.8 Å². The van der Waals surface area contributed by atoms with E-state index in [0.717, 1.165) is 50.3 Å². The number of aromatic nitrogens is 2. The smallest absolute Gasteiger partial charge is 0.118 e. The summed E-state index contributed by atoms with van der Waals surface area (Å²) in [7, 11) is 0. The van der Waals surface area contributed by atoms with Gasteiger partial charge in [0, 0.05) is 44.1 Å². The predicted octanol–water partition coefficient (Wildman–Crippen LogP) is 3.61. The fraction of sp³-hybridized carbons (Fsp3) is 0.500. The molecule has 146 valence electrons. The van der Waals surface area contributed by atoms with Gasteiger partial charge in [0.25, 0.3) is 0 Å². The van der Waals surface area contributed by atoms with Gasteiger partial charge < -0.3 is 14.4 Å². The van der Waals surface area contributed by atoms with Crippen LogP contribution in [0.1, 0.15) is 31.7 Å². The van der Waals surface area contributed by atoms with E-state index < -0.39 is 0 Å². The van der Waals surface area contributed by atoms with E-state index in [1.54, 1.807) is 0 Å². The molecule has 0 spiro atoms. The molecule has 0 aliphatic carbocycles. The van der Waals surface area contributed by atoms with Crippen molar-refractivity contribution in [2.45, 2.75) is 39.2 Å². The summed E-state index contributed by atoms with van der Waals surface area (Å²) in [6.07, 6.45) is 10.8. The van der Waals surface area contributed by atoms with Crippen molar-refractivity contribution >= 4 is 11.5 Å². The van der Waals surface area contributed by atoms with E-state index in [4.69, 9.17) is 5.41 Å². The number of anilines is 1. The third-order valence-electron chi connectivity index (χ3n) is 6.09. The first-order valence-electron chi connectivity index (χ1n) is 10.2. The van der Waals surface area contributed by atoms with E-state index in [2.05, 4.69) is 58.9 Å². The monoisotopic (exact) mass is 376 g/mol. The molecule has 2 aromatic rings. The first-order chi connectivity index (χ1) is 13.6. The Morgan fingerprint density at radius 2 is 2.04 bits per heavy atom. The minimum Gasteiger partial charge on any atom is -0.369 e. The van der Waals surface area contributed by atoms with Crippen molar-refractivity contribution in [2.75, 3.05) is 24.5 Å². The van der Waals surface area contributed by atoms with Crippen molar-refractivity contribution in [3.8, 4) is 11.8 Å². The molecule has 4 rings (SSSR count). The van der Waals surface area contributed by atoms with Gasteiger partial charge in [-0.1, -0.05) is 6.92 Å². The number of nitrogens with one attached hydrogen (secondary N) is 1. The average molecular weight is 377 g/mol. The summed E-state index contributed by atoms with van der Waals surface area (Å²) < 4.78 is 2.16. The molecule has 2 atom stereocenters. The lowest BCUT2D eigenvalue weighted by atomic mass is 9.94. The summed E-state index contributed by atoms with van der Waals surface area (Å²) in [6, 6.07) is 6.44. The van der Waals surface area contributed by atoms with E-state index in [-0.39, 0.29) is 12.0 Å². The van der Waals surface area contributed by atoms with Crippen LogP contribution in [0.2, 0.25) is 0 Å². The van der Waals surface area contributed by atoms with Crippen LogP contribution < -0.4 is 4.90 Å². The maximum absolute atomic E-state index is 9.43. The number of pyridine rings is 1. The van der Waals surface area contributed by atoms with Crippen LogP contribution in [-0.2, 0) is 0 Å². The molecule has 2 aliphatic heterocycles. The Bertz CT molecular complexity index is 886. The van der Waals surface area contributed by atoms with Crippen LogP contribution in [0.5, 0.6) is 0 Å². The molecule has 2 saturated heterocycles. The molecule has 2 aromatic heterocycles. The average Bonchev–Trinajstić information content (AvgIpc) is 3.33. The number of amidine groups is 1. The molecule has 28 heavy (non-hydrogen) atoms. The molecule has 1 N–H and O–H groups in total. The fourth-order valence-corrected chi connectivity index (χ4v) is 4.56. The Balaban J connectivity index is 1.45. The zero-order chi connectivity index (χ0) is 19.7. The Morgan fingerprint density at radius 1 is 1.25 bits per heavy atom. The highest BCUT2D eigenvalue weighted by Crippen LogP contribution is 2.31. The van der Waals surface area contributed by atoms with Crippen molar-refractivity contribution in [2.24, 2.45) is 11.8 Å². The van der Waals surface area contributed by atoms with Gasteiger partial charge in [0.2, 0.25) is 0 Å². The quantitative estimate of drug-likeness (QED) is 0.656. The molecule has 0 bridgehead atoms. The summed E-state index contributed by atoms with van der Waals surface area (Å²) in [5.74, 6) is 1.41. The Hall–Kier alpha value is -2.81. The normalized spacial score (nSPS) is 23.0. The van der Waals surface area contributed by atoms with Crippen LogP contribution >= 0.6 is 0 Å². The lowest BCUT2D eigenvalue weighted by molar-refractivity contribution is 0.384. The number of piperidine rings is 1. The molecule has 0 saturated carbocycles. The summed E-state index contributed by atoms with van der Waals surface area (Å²) in [4.78, 5) is 8.79. The number of hydrogen-bond donors (Lipinski definition) is 1. The molecule has 1 unspecified atom stereocenters. The van der Waals surface area contributed by atoms with E-state index in [0.29, 0.717) is 11.8 Å². The molecule has 0 amide bonds. The first kappa shape index (κ1) is 18.5. The predicted molar refractivity (Wildman–Crippen MR) is 111 cm³/mol. The number of hydrogen-bond acceptors (Lipinski definition) is 4. The van der Waals surface area contributed by atoms with Gasteiger partial charge >= 0.3 is 0 Å². The molecule has 2 aliphatic rings. The number of likely N-dealkylation sites (tertiary alicyclic amines) is 1. The molecule has 6 nitrogen and oxygen atoms in total. The van der Waals surface area contributed by atoms with E-state index in [1.165, 1.54) is 5.56 Å². The number of nitrogens with zero attached hydrogens (tertiary/aromatic N) is 5. The molecule has 4 heterocycles. The van der Waals surface area contributed by atoms with Gasteiger partial charge in [-0.25, -0.2) is 0 Å². The Labute approximate surface area is 166 Å². The summed E-state index contributed by atoms with van der Waals surface area (Å²) in [5.41, 5.74) is 3.53. The molecule has 6 heteroatoms. The standard InChI is InChI=1S/C22H28N6/c1-16-4-8-27(14-16)20-3-7-25-13-21(20)26-9-5-18(6-10-26)22(24)28-15-17(2)11-19(28)12-23/h3-4,7-8,13-14,17-19,24H,5-6,9-11,15H2,1-2H3/t17?,19-/m1/s1. The zero-order valence-electron chi connectivity index (χ0n) is 16.7. The van der Waals surface area contributed by atoms with Gasteiger partial charge in [-0.3, -0.25) is 10.4 Å². The van der Waals surface area contributed by atoms with Gasteiger partial charge in [0.05, 0.1) is 23.6 Å². The minimum absolute atomic E-state index is 0.123. The summed E-state index contributed by atoms with van der Waals surface area (Å²) in [5, 5.41) is 18.1. The fourth-order valence-electron chi connectivity index (χ4n) is 4.56. The van der Waals surface area contributed by atoms with Crippen LogP contribution in [0.3, 0.4) is 0 Å². The van der Waals surface area contributed by atoms with Gasteiger partial charge in [-0.2, -0.15) is 5.26 Å². The van der Waals surface area contributed by atoms with Crippen molar-refractivity contribution in [3.63, 3.8) is 0 Å². The van der Waals surface area contributed by atoms with Crippen LogP contribution in [0, 0.1) is 35.5 Å². The second-order valence-electron chi connectivity index (χ2n) is 8.25. The van der Waals surface area contributed by atoms with Gasteiger partial charge in [-0.15, -0.1) is 0 Å². The van der Waals surface area contributed by atoms with Crippen LogP contribution in [0.25, 0.3) is 5.69 Å². The largest absolute Gasteiger partial charge is 0.369 e. The van der Waals surface area contributed by atoms with Gasteiger partial charge in [0.15, 0.2) is 0 Å². The first-order valence-corrected chi connectivity index (χ1v) is 10.2. The molecular weight excluding hydrogens is 348 g/mol. The lowest BCUT2D eigenvalue weighted by Gasteiger charge is -2.37. The van der Waals surface area contributed by atoms with E-state index in [1.807, 2.05) is 17.3 Å². The molecule has 0 aromatic carbocycles. The highest BCUT2D eigenvalue weighted by molar-refractivity contribution is 5.83. The molecular formula is C22H28N6. The van der Waals surface area contributed by atoms with Crippen molar-refractivity contribution < 1.29 is 0 Å². The number of aryl methyl sites for hydroxylation is 1. The Morgan fingerprint density at radius 3 is 2.71 bits per heavy atom. The number of rotatable bonds is 3. The molecule has 0 radical (unpaired) electrons. The second kappa shape index (κ2) is 7.67. The third kappa shape index (κ3) is 3.49. The minimum atomic E-state index is -0.123. The number of nitriles is 1. The van der Waals surface area contributed by atoms with Crippen LogP contribution in [0.4, 0.5) is 5.69 Å². The van der Waals surface area contributed by atoms with Crippen molar-refractivity contribution in [1.29, 1.82) is 10.7 Å². The topological polar surface area (TPSA) is 71.9 Å². The van der Waals surface area contributed by atoms with Crippen LogP contribution in [0.15, 0.2) is 36.9 Å². The van der Waals surface area contributed by atoms with Crippen molar-refractivity contribution in [1.82, 2.24) is 14.5 Å². The van der Waals surface area contributed by atoms with E-state index >= 15 is 0 Å². The van der Waals surface area contributed by atoms with Gasteiger partial charge in [0.1, 0.15) is 11.9 Å². The van der Waals surface area contributed by atoms with E-state index in [9.17, 15) is 5.26 Å². The SMILES string of the molecule is Cc1ccn(-c2ccncc2N2CCC(C(=N)N3CC(C)C[C@@H]3C#N)CC2)c1. The summed E-state index contributed by atoms with van der Waals surface area (Å²) >= 11 is 0. The highest BCUT2D eigenvalue weighted by Gasteiger charge is 2.35. The second-order valence-corrected chi connectivity index (χ2v) is 8.25. The summed E-state index contributed by atoms with van der Waals surface area (Å²) in [6.45, 7) is 6.94. The lowest BCUT2D eigenvalue weighted by Crippen LogP contribution is -2.44. The maximum Gasteiger partial charge on any atom is 0.118 e. The molecule has 2 fully saturated rings. The zero-order valence-corrected chi connectivity index (χ0v) is 16.7. The maximum atomic E-state index is 9.43. The van der Waals surface area contributed by atoms with Crippen molar-refractivity contribution in [3.05, 3.63) is 42.5 Å².